The fourth-order valence-electron chi connectivity index (χ4n) is 3.68. The number of rotatable bonds is 2. The molecule has 1 atom stereocenters. The Bertz CT molecular complexity index is 830. The van der Waals surface area contributed by atoms with Crippen LogP contribution in [0.3, 0.4) is 0 Å². The van der Waals surface area contributed by atoms with E-state index in [2.05, 4.69) is 23.0 Å². The summed E-state index contributed by atoms with van der Waals surface area (Å²) in [6, 6.07) is 6.08. The van der Waals surface area contributed by atoms with Gasteiger partial charge in [-0.15, -0.1) is 0 Å². The second-order valence-corrected chi connectivity index (χ2v) is 5.89. The molecule has 0 bridgehead atoms. The predicted molar refractivity (Wildman–Crippen MR) is 84.5 cm³/mol. The number of fused-ring (bicyclic) bond motifs is 3. The molecule has 0 saturated heterocycles. The zero-order valence-electron chi connectivity index (χ0n) is 13.0. The maximum atomic E-state index is 11.0. The third-order valence-corrected chi connectivity index (χ3v) is 5.04. The maximum Gasteiger partial charge on any atom is 0.238 e. The van der Waals surface area contributed by atoms with E-state index in [1.165, 1.54) is 0 Å². The van der Waals surface area contributed by atoms with Crippen molar-refractivity contribution in [3.63, 3.8) is 0 Å². The number of aryl methyl sites for hydroxylation is 1. The number of hydrogen-bond acceptors (Lipinski definition) is 4. The SMILES string of the molecule is CC1=C(C)C(N=C=O)(N=C=O)C2=C(c3cccc(C)c32)C1C. The highest BCUT2D eigenvalue weighted by molar-refractivity contribution is 6.11. The highest BCUT2D eigenvalue weighted by Crippen LogP contribution is 2.59. The van der Waals surface area contributed by atoms with Gasteiger partial charge in [0.25, 0.3) is 0 Å². The molecule has 0 radical (unpaired) electrons. The minimum Gasteiger partial charge on any atom is -0.211 e. The van der Waals surface area contributed by atoms with E-state index in [9.17, 15) is 9.59 Å². The van der Waals surface area contributed by atoms with Crippen molar-refractivity contribution in [3.05, 3.63) is 46.0 Å². The van der Waals surface area contributed by atoms with Crippen LogP contribution >= 0.6 is 0 Å². The molecule has 0 heterocycles. The topological polar surface area (TPSA) is 58.9 Å². The molecular formula is C18H16N2O2. The van der Waals surface area contributed by atoms with Gasteiger partial charge in [-0.1, -0.05) is 30.7 Å². The Labute approximate surface area is 129 Å². The van der Waals surface area contributed by atoms with Crippen molar-refractivity contribution in [2.45, 2.75) is 33.4 Å². The van der Waals surface area contributed by atoms with E-state index in [0.29, 0.717) is 0 Å². The van der Waals surface area contributed by atoms with Crippen LogP contribution in [0.15, 0.2) is 39.3 Å². The Morgan fingerprint density at radius 3 is 2.32 bits per heavy atom. The summed E-state index contributed by atoms with van der Waals surface area (Å²) in [4.78, 5) is 30.0. The first-order valence-corrected chi connectivity index (χ1v) is 7.20. The lowest BCUT2D eigenvalue weighted by Gasteiger charge is -2.45. The number of allylic oxidation sites excluding steroid dienone is 2. The van der Waals surface area contributed by atoms with Crippen LogP contribution in [0.2, 0.25) is 0 Å². The summed E-state index contributed by atoms with van der Waals surface area (Å²) in [7, 11) is 0. The minimum absolute atomic E-state index is 0.209. The second-order valence-electron chi connectivity index (χ2n) is 5.89. The van der Waals surface area contributed by atoms with Crippen molar-refractivity contribution in [2.75, 3.05) is 0 Å². The Kier molecular flexibility index (Phi) is 3.10. The molecular weight excluding hydrogens is 276 g/mol. The summed E-state index contributed by atoms with van der Waals surface area (Å²) >= 11 is 0. The molecule has 4 heteroatoms. The third-order valence-electron chi connectivity index (χ3n) is 5.04. The average Bonchev–Trinajstić information content (AvgIpc) is 2.46. The first-order chi connectivity index (χ1) is 10.5. The normalized spacial score (nSPS) is 25.5. The van der Waals surface area contributed by atoms with Gasteiger partial charge in [-0.2, -0.15) is 9.98 Å². The van der Waals surface area contributed by atoms with Crippen molar-refractivity contribution >= 4 is 23.3 Å². The third kappa shape index (κ3) is 1.54. The van der Waals surface area contributed by atoms with Gasteiger partial charge in [-0.3, -0.25) is 0 Å². The predicted octanol–water partition coefficient (Wildman–Crippen LogP) is 3.57. The number of carbonyl (C=O) groups excluding carboxylic acids is 2. The smallest absolute Gasteiger partial charge is 0.211 e. The van der Waals surface area contributed by atoms with Crippen LogP contribution in [0, 0.1) is 12.8 Å². The quantitative estimate of drug-likeness (QED) is 0.475. The van der Waals surface area contributed by atoms with E-state index >= 15 is 0 Å². The first-order valence-electron chi connectivity index (χ1n) is 7.20. The fraction of sp³-hybridized carbons (Fsp3) is 0.333. The van der Waals surface area contributed by atoms with Gasteiger partial charge in [0.15, 0.2) is 0 Å². The average molecular weight is 292 g/mol. The molecule has 2 aliphatic rings. The Morgan fingerprint density at radius 1 is 1.09 bits per heavy atom. The largest absolute Gasteiger partial charge is 0.238 e. The lowest BCUT2D eigenvalue weighted by molar-refractivity contribution is 0.537. The van der Waals surface area contributed by atoms with E-state index in [4.69, 9.17) is 0 Å². The number of nitrogens with zero attached hydrogens (tertiary/aromatic N) is 2. The zero-order valence-corrected chi connectivity index (χ0v) is 13.0. The highest BCUT2D eigenvalue weighted by atomic mass is 16.1. The van der Waals surface area contributed by atoms with Gasteiger partial charge in [0.2, 0.25) is 17.8 Å². The van der Waals surface area contributed by atoms with Gasteiger partial charge < -0.3 is 0 Å². The van der Waals surface area contributed by atoms with Crippen LogP contribution in [-0.2, 0) is 9.59 Å². The van der Waals surface area contributed by atoms with Gasteiger partial charge in [0.1, 0.15) is 0 Å². The summed E-state index contributed by atoms with van der Waals surface area (Å²) in [5.74, 6) is 0.209. The summed E-state index contributed by atoms with van der Waals surface area (Å²) in [6.07, 6.45) is 3.20. The summed E-state index contributed by atoms with van der Waals surface area (Å²) in [5, 5.41) is 0. The summed E-state index contributed by atoms with van der Waals surface area (Å²) in [6.45, 7) is 7.99. The number of hydrogen-bond donors (Lipinski definition) is 0. The van der Waals surface area contributed by atoms with Crippen molar-refractivity contribution in [1.29, 1.82) is 0 Å². The molecule has 1 unspecified atom stereocenters. The van der Waals surface area contributed by atoms with E-state index in [1.807, 2.05) is 32.9 Å². The van der Waals surface area contributed by atoms with Crippen LogP contribution in [0.5, 0.6) is 0 Å². The van der Waals surface area contributed by atoms with Crippen LogP contribution < -0.4 is 0 Å². The minimum atomic E-state index is -1.30. The number of aliphatic imine (C=N–C) groups is 2. The lowest BCUT2D eigenvalue weighted by atomic mass is 9.61. The molecule has 110 valence electrons. The summed E-state index contributed by atoms with van der Waals surface area (Å²) < 4.78 is 0. The van der Waals surface area contributed by atoms with Crippen LogP contribution in [-0.4, -0.2) is 17.8 Å². The van der Waals surface area contributed by atoms with Gasteiger partial charge >= 0.3 is 0 Å². The van der Waals surface area contributed by atoms with Crippen molar-refractivity contribution in [3.8, 4) is 0 Å². The molecule has 22 heavy (non-hydrogen) atoms. The monoisotopic (exact) mass is 292 g/mol. The maximum absolute atomic E-state index is 11.0. The fourth-order valence-corrected chi connectivity index (χ4v) is 3.68. The Hall–Kier alpha value is -2.54. The van der Waals surface area contributed by atoms with Gasteiger partial charge in [0.05, 0.1) is 0 Å². The standard InChI is InChI=1S/C18H16N2O2/c1-10-6-5-7-14-15(10)17-16(14)12(3)11(2)13(4)18(17,19-8-21)20-9-22/h5-7,12H,1-4H3. The first kappa shape index (κ1) is 14.4. The van der Waals surface area contributed by atoms with Gasteiger partial charge in [-0.05, 0) is 48.6 Å². The molecule has 0 aliphatic heterocycles. The lowest BCUT2D eigenvalue weighted by Crippen LogP contribution is -2.38. The highest BCUT2D eigenvalue weighted by Gasteiger charge is 2.50. The van der Waals surface area contributed by atoms with Crippen LogP contribution in [0.1, 0.15) is 37.5 Å². The zero-order chi connectivity index (χ0) is 16.1. The molecule has 0 aromatic heterocycles. The molecule has 0 N–H and O–H groups in total. The molecule has 0 saturated carbocycles. The van der Waals surface area contributed by atoms with Crippen molar-refractivity contribution in [2.24, 2.45) is 15.9 Å². The molecule has 2 aliphatic carbocycles. The molecule has 1 aromatic rings. The van der Waals surface area contributed by atoms with Crippen molar-refractivity contribution in [1.82, 2.24) is 0 Å². The Morgan fingerprint density at radius 2 is 1.73 bits per heavy atom. The van der Waals surface area contributed by atoms with E-state index in [-0.39, 0.29) is 5.92 Å². The molecule has 4 nitrogen and oxygen atoms in total. The number of benzene rings is 1. The van der Waals surface area contributed by atoms with E-state index < -0.39 is 5.66 Å². The molecule has 0 spiro atoms. The van der Waals surface area contributed by atoms with E-state index in [0.717, 1.165) is 39.0 Å². The molecule has 0 amide bonds. The number of isocyanates is 2. The van der Waals surface area contributed by atoms with Crippen LogP contribution in [0.25, 0.3) is 11.1 Å². The summed E-state index contributed by atoms with van der Waals surface area (Å²) in [5.41, 5.74) is 5.82. The van der Waals surface area contributed by atoms with Crippen LogP contribution in [0.4, 0.5) is 0 Å². The molecule has 1 aromatic carbocycles. The second kappa shape index (κ2) is 4.74. The molecule has 3 rings (SSSR count). The Balaban J connectivity index is 2.41. The molecule has 0 fully saturated rings. The van der Waals surface area contributed by atoms with Gasteiger partial charge in [0, 0.05) is 11.5 Å². The van der Waals surface area contributed by atoms with E-state index in [1.54, 1.807) is 12.2 Å². The van der Waals surface area contributed by atoms with Gasteiger partial charge in [-0.25, -0.2) is 9.59 Å². The van der Waals surface area contributed by atoms with Crippen molar-refractivity contribution < 1.29 is 9.59 Å².